The maximum absolute atomic E-state index is 15.0. The Morgan fingerprint density at radius 3 is 2.46 bits per heavy atom. The zero-order valence-electron chi connectivity index (χ0n) is 21.6. The molecule has 3 aliphatic rings. The molecule has 0 N–H and O–H groups in total. The van der Waals surface area contributed by atoms with Crippen molar-refractivity contribution >= 4 is 5.91 Å². The molecule has 4 atom stereocenters. The van der Waals surface area contributed by atoms with Crippen LogP contribution in [0.5, 0.6) is 0 Å². The number of halogens is 2. The van der Waals surface area contributed by atoms with Gasteiger partial charge >= 0.3 is 0 Å². The first kappa shape index (κ1) is 26.2. The van der Waals surface area contributed by atoms with Crippen molar-refractivity contribution in [2.75, 3.05) is 53.6 Å². The van der Waals surface area contributed by atoms with Gasteiger partial charge < -0.3 is 19.1 Å². The minimum atomic E-state index is -0.654. The second kappa shape index (κ2) is 11.2. The van der Waals surface area contributed by atoms with Crippen LogP contribution in [0.25, 0.3) is 0 Å². The van der Waals surface area contributed by atoms with Gasteiger partial charge in [-0.15, -0.1) is 0 Å². The van der Waals surface area contributed by atoms with E-state index in [1.165, 1.54) is 12.1 Å². The Labute approximate surface area is 217 Å². The van der Waals surface area contributed by atoms with Crippen LogP contribution in [-0.2, 0) is 24.6 Å². The molecule has 37 heavy (non-hydrogen) atoms. The molecule has 0 aromatic heterocycles. The molecule has 0 unspecified atom stereocenters. The predicted octanol–water partition coefficient (Wildman–Crippen LogP) is 3.95. The average Bonchev–Trinajstić information content (AvgIpc) is 3.38. The first-order valence-electron chi connectivity index (χ1n) is 13.2. The van der Waals surface area contributed by atoms with Gasteiger partial charge in [-0.05, 0) is 30.0 Å². The van der Waals surface area contributed by atoms with Crippen molar-refractivity contribution in [1.82, 2.24) is 9.80 Å². The summed E-state index contributed by atoms with van der Waals surface area (Å²) in [7, 11) is 3.33. The molecule has 2 aromatic rings. The summed E-state index contributed by atoms with van der Waals surface area (Å²) in [6.45, 7) is 3.38. The van der Waals surface area contributed by atoms with E-state index in [4.69, 9.17) is 14.2 Å². The Hall–Kier alpha value is -2.39. The molecule has 8 heteroatoms. The topological polar surface area (TPSA) is 51.2 Å². The highest BCUT2D eigenvalue weighted by molar-refractivity contribution is 5.81. The van der Waals surface area contributed by atoms with E-state index in [1.54, 1.807) is 14.2 Å². The normalized spacial score (nSPS) is 29.5. The smallest absolute Gasteiger partial charge is 0.227 e. The van der Waals surface area contributed by atoms with Crippen LogP contribution in [0.1, 0.15) is 36.3 Å². The van der Waals surface area contributed by atoms with Crippen LogP contribution in [-0.4, -0.2) is 81.5 Å². The average molecular weight is 515 g/mol. The Kier molecular flexibility index (Phi) is 7.91. The zero-order valence-corrected chi connectivity index (χ0v) is 21.6. The van der Waals surface area contributed by atoms with E-state index in [1.807, 2.05) is 35.2 Å². The number of benzene rings is 2. The third kappa shape index (κ3) is 5.04. The third-order valence-corrected chi connectivity index (χ3v) is 8.62. The Bertz CT molecular complexity index is 1080. The van der Waals surface area contributed by atoms with Gasteiger partial charge in [0, 0.05) is 71.5 Å². The molecule has 200 valence electrons. The van der Waals surface area contributed by atoms with Crippen molar-refractivity contribution in [2.24, 2.45) is 5.92 Å². The van der Waals surface area contributed by atoms with Gasteiger partial charge in [-0.2, -0.15) is 0 Å². The van der Waals surface area contributed by atoms with Gasteiger partial charge in [-0.3, -0.25) is 9.69 Å². The van der Waals surface area contributed by atoms with E-state index in [0.717, 1.165) is 24.5 Å². The van der Waals surface area contributed by atoms with Crippen molar-refractivity contribution < 1.29 is 27.8 Å². The summed E-state index contributed by atoms with van der Waals surface area (Å²) in [5.41, 5.74) is 0.776. The molecular formula is C29H36F2N2O4. The van der Waals surface area contributed by atoms with Crippen molar-refractivity contribution in [3.63, 3.8) is 0 Å². The van der Waals surface area contributed by atoms with Gasteiger partial charge in [0.15, 0.2) is 0 Å². The lowest BCUT2D eigenvalue weighted by atomic mass is 9.80. The second-order valence-electron chi connectivity index (χ2n) is 10.4. The molecule has 0 spiro atoms. The first-order chi connectivity index (χ1) is 18.0. The molecule has 0 saturated carbocycles. The Morgan fingerprint density at radius 1 is 1.03 bits per heavy atom. The van der Waals surface area contributed by atoms with E-state index in [-0.39, 0.29) is 17.9 Å². The fraction of sp³-hybridized carbons (Fsp3) is 0.552. The SMILES string of the molecule is CO[C@H]1CN(C(=O)[C@@H]2CN(C3CCOCC3)C[C@H]2c2ccc(F)cc2F)CC[C@]1(OC)c1ccccc1. The maximum Gasteiger partial charge on any atom is 0.227 e. The molecule has 3 fully saturated rings. The number of ether oxygens (including phenoxy) is 3. The number of hydrogen-bond acceptors (Lipinski definition) is 5. The molecule has 3 heterocycles. The van der Waals surface area contributed by atoms with Crippen LogP contribution in [0, 0.1) is 17.6 Å². The molecule has 5 rings (SSSR count). The highest BCUT2D eigenvalue weighted by Gasteiger charge is 2.49. The van der Waals surface area contributed by atoms with E-state index in [2.05, 4.69) is 4.90 Å². The number of amides is 1. The van der Waals surface area contributed by atoms with Gasteiger partial charge in [0.05, 0.1) is 12.5 Å². The number of rotatable bonds is 6. The minimum Gasteiger partial charge on any atom is -0.381 e. The molecule has 3 saturated heterocycles. The van der Waals surface area contributed by atoms with Crippen LogP contribution < -0.4 is 0 Å². The van der Waals surface area contributed by atoms with Crippen molar-refractivity contribution in [1.29, 1.82) is 0 Å². The standard InChI is InChI=1S/C29H36F2N2O4/c1-35-27-19-32(13-12-29(27,36-2)20-6-4-3-5-7-20)28(34)25-18-33(22-10-14-37-15-11-22)17-24(25)23-9-8-21(30)16-26(23)31/h3-9,16,22,24-25,27H,10-15,17-19H2,1-2H3/t24-,25+,27-,29-/m0/s1. The van der Waals surface area contributed by atoms with Gasteiger partial charge in [0.25, 0.3) is 0 Å². The van der Waals surface area contributed by atoms with Crippen LogP contribution in [0.4, 0.5) is 8.78 Å². The van der Waals surface area contributed by atoms with Crippen molar-refractivity contribution in [2.45, 2.75) is 42.9 Å². The lowest BCUT2D eigenvalue weighted by Crippen LogP contribution is -2.57. The van der Waals surface area contributed by atoms with E-state index < -0.39 is 23.2 Å². The summed E-state index contributed by atoms with van der Waals surface area (Å²) in [6, 6.07) is 14.0. The molecule has 6 nitrogen and oxygen atoms in total. The van der Waals surface area contributed by atoms with Gasteiger partial charge in [-0.1, -0.05) is 36.4 Å². The maximum atomic E-state index is 15.0. The van der Waals surface area contributed by atoms with Gasteiger partial charge in [0.1, 0.15) is 23.3 Å². The molecule has 0 aliphatic carbocycles. The first-order valence-corrected chi connectivity index (χ1v) is 13.2. The van der Waals surface area contributed by atoms with Crippen LogP contribution in [0.15, 0.2) is 48.5 Å². The van der Waals surface area contributed by atoms with E-state index in [9.17, 15) is 13.6 Å². The summed E-state index contributed by atoms with van der Waals surface area (Å²) in [6.07, 6.45) is 2.01. The molecule has 2 aromatic carbocycles. The quantitative estimate of drug-likeness (QED) is 0.585. The lowest BCUT2D eigenvalue weighted by molar-refractivity contribution is -0.170. The number of methoxy groups -OCH3 is 2. The predicted molar refractivity (Wildman–Crippen MR) is 135 cm³/mol. The molecule has 1 amide bonds. The minimum absolute atomic E-state index is 0.0110. The highest BCUT2D eigenvalue weighted by atomic mass is 19.1. The zero-order chi connectivity index (χ0) is 26.0. The number of hydrogen-bond donors (Lipinski definition) is 0. The number of carbonyl (C=O) groups excluding carboxylic acids is 1. The van der Waals surface area contributed by atoms with Crippen LogP contribution in [0.2, 0.25) is 0 Å². The van der Waals surface area contributed by atoms with Crippen LogP contribution >= 0.6 is 0 Å². The summed E-state index contributed by atoms with van der Waals surface area (Å²) in [5.74, 6) is -1.98. The largest absolute Gasteiger partial charge is 0.381 e. The van der Waals surface area contributed by atoms with Crippen LogP contribution in [0.3, 0.4) is 0 Å². The second-order valence-corrected chi connectivity index (χ2v) is 10.4. The van der Waals surface area contributed by atoms with E-state index >= 15 is 0 Å². The summed E-state index contributed by atoms with van der Waals surface area (Å²) in [5, 5.41) is 0. The molecule has 0 bridgehead atoms. The number of likely N-dealkylation sites (tertiary alicyclic amines) is 2. The fourth-order valence-electron chi connectivity index (χ4n) is 6.55. The molecule has 3 aliphatic heterocycles. The van der Waals surface area contributed by atoms with Crippen molar-refractivity contribution in [3.8, 4) is 0 Å². The molecular weight excluding hydrogens is 478 g/mol. The lowest BCUT2D eigenvalue weighted by Gasteiger charge is -2.47. The monoisotopic (exact) mass is 514 g/mol. The fourth-order valence-corrected chi connectivity index (χ4v) is 6.55. The van der Waals surface area contributed by atoms with Crippen molar-refractivity contribution in [3.05, 3.63) is 71.3 Å². The number of nitrogens with zero attached hydrogens (tertiary/aromatic N) is 2. The number of piperidine rings is 1. The summed E-state index contributed by atoms with van der Waals surface area (Å²) >= 11 is 0. The Balaban J connectivity index is 1.40. The molecule has 0 radical (unpaired) electrons. The summed E-state index contributed by atoms with van der Waals surface area (Å²) in [4.78, 5) is 18.2. The third-order valence-electron chi connectivity index (χ3n) is 8.62. The van der Waals surface area contributed by atoms with Gasteiger partial charge in [0.2, 0.25) is 5.91 Å². The Morgan fingerprint density at radius 2 is 1.78 bits per heavy atom. The number of carbonyl (C=O) groups is 1. The highest BCUT2D eigenvalue weighted by Crippen LogP contribution is 2.41. The van der Waals surface area contributed by atoms with E-state index in [0.29, 0.717) is 57.4 Å². The summed E-state index contributed by atoms with van der Waals surface area (Å²) < 4.78 is 46.2. The van der Waals surface area contributed by atoms with Gasteiger partial charge in [-0.25, -0.2) is 8.78 Å².